The van der Waals surface area contributed by atoms with Gasteiger partial charge in [0.05, 0.1) is 6.42 Å². The van der Waals surface area contributed by atoms with Crippen LogP contribution in [-0.4, -0.2) is 46.4 Å². The molecule has 0 aliphatic rings. The molecule has 0 saturated carbocycles. The third-order valence-corrected chi connectivity index (χ3v) is 6.14. The second-order valence-corrected chi connectivity index (χ2v) is 11.1. The Morgan fingerprint density at radius 2 is 1.55 bits per heavy atom. The summed E-state index contributed by atoms with van der Waals surface area (Å²) in [7, 11) is 0. The first kappa shape index (κ1) is 30.1. The van der Waals surface area contributed by atoms with Crippen molar-refractivity contribution in [3.05, 3.63) is 77.9 Å². The molecule has 4 amide bonds. The number of benzene rings is 3. The molecule has 3 rings (SSSR count). The minimum absolute atomic E-state index is 0.448. The summed E-state index contributed by atoms with van der Waals surface area (Å²) >= 11 is 0. The minimum Gasteiger partial charge on any atom is -0.444 e. The molecular formula is C31H38N4O5. The number of nitrogens with two attached hydrogens (primary N) is 1. The summed E-state index contributed by atoms with van der Waals surface area (Å²) in [5, 5.41) is 7.41. The molecule has 40 heavy (non-hydrogen) atoms. The van der Waals surface area contributed by atoms with Gasteiger partial charge in [-0.1, -0.05) is 60.2 Å². The predicted molar refractivity (Wildman–Crippen MR) is 155 cm³/mol. The van der Waals surface area contributed by atoms with Crippen molar-refractivity contribution in [3.63, 3.8) is 0 Å². The zero-order chi connectivity index (χ0) is 29.6. The third kappa shape index (κ3) is 8.05. The second kappa shape index (κ2) is 12.6. The predicted octanol–water partition coefficient (Wildman–Crippen LogP) is 4.83. The zero-order valence-corrected chi connectivity index (χ0v) is 23.9. The summed E-state index contributed by atoms with van der Waals surface area (Å²) in [6, 6.07) is 17.7. The lowest BCUT2D eigenvalue weighted by Crippen LogP contribution is -2.55. The van der Waals surface area contributed by atoms with Crippen molar-refractivity contribution in [2.45, 2.75) is 71.7 Å². The molecule has 0 radical (unpaired) electrons. The average Bonchev–Trinajstić information content (AvgIpc) is 2.85. The van der Waals surface area contributed by atoms with Crippen LogP contribution in [0.5, 0.6) is 0 Å². The van der Waals surface area contributed by atoms with Crippen LogP contribution in [0.15, 0.2) is 66.7 Å². The Morgan fingerprint density at radius 3 is 2.12 bits per heavy atom. The molecule has 0 fully saturated rings. The van der Waals surface area contributed by atoms with E-state index in [0.717, 1.165) is 16.3 Å². The molecule has 3 aromatic carbocycles. The van der Waals surface area contributed by atoms with Crippen molar-refractivity contribution in [2.24, 2.45) is 5.73 Å². The lowest BCUT2D eigenvalue weighted by molar-refractivity contribution is -0.143. The van der Waals surface area contributed by atoms with Gasteiger partial charge < -0.3 is 26.0 Å². The maximum Gasteiger partial charge on any atom is 0.408 e. The van der Waals surface area contributed by atoms with Gasteiger partial charge >= 0.3 is 6.09 Å². The Hall–Kier alpha value is -4.40. The number of anilines is 1. The van der Waals surface area contributed by atoms with Gasteiger partial charge in [-0.15, -0.1) is 0 Å². The summed E-state index contributed by atoms with van der Waals surface area (Å²) in [6.07, 6.45) is -1.34. The highest BCUT2D eigenvalue weighted by Crippen LogP contribution is 2.28. The molecule has 0 saturated heterocycles. The summed E-state index contributed by atoms with van der Waals surface area (Å²) < 4.78 is 5.31. The fourth-order valence-electron chi connectivity index (χ4n) is 4.38. The maximum absolute atomic E-state index is 14.0. The topological polar surface area (TPSA) is 131 Å². The molecule has 212 valence electrons. The van der Waals surface area contributed by atoms with Crippen molar-refractivity contribution in [1.29, 1.82) is 0 Å². The average molecular weight is 547 g/mol. The Kier molecular flexibility index (Phi) is 9.52. The number of alkyl carbamates (subject to hydrolysis) is 1. The van der Waals surface area contributed by atoms with Crippen LogP contribution in [0.1, 0.15) is 58.2 Å². The fourth-order valence-corrected chi connectivity index (χ4v) is 4.38. The van der Waals surface area contributed by atoms with Gasteiger partial charge in [0.1, 0.15) is 17.7 Å². The molecule has 9 nitrogen and oxygen atoms in total. The van der Waals surface area contributed by atoms with Crippen LogP contribution in [0.3, 0.4) is 0 Å². The van der Waals surface area contributed by atoms with Crippen molar-refractivity contribution < 1.29 is 23.9 Å². The first-order valence-electron chi connectivity index (χ1n) is 13.2. The Bertz CT molecular complexity index is 1380. The number of hydrogen-bond donors (Lipinski definition) is 3. The number of nitrogens with one attached hydrogen (secondary N) is 2. The fraction of sp³-hybridized carbons (Fsp3) is 0.355. The van der Waals surface area contributed by atoms with E-state index in [9.17, 15) is 19.2 Å². The third-order valence-electron chi connectivity index (χ3n) is 6.14. The second-order valence-electron chi connectivity index (χ2n) is 11.1. The summed E-state index contributed by atoms with van der Waals surface area (Å²) in [5.74, 6) is -1.87. The van der Waals surface area contributed by atoms with Gasteiger partial charge in [-0.25, -0.2) is 4.79 Å². The van der Waals surface area contributed by atoms with Gasteiger partial charge in [0, 0.05) is 11.7 Å². The van der Waals surface area contributed by atoms with Crippen LogP contribution in [0.4, 0.5) is 10.5 Å². The van der Waals surface area contributed by atoms with Gasteiger partial charge in [0.2, 0.25) is 11.8 Å². The van der Waals surface area contributed by atoms with E-state index in [-0.39, 0.29) is 0 Å². The number of aryl methyl sites for hydroxylation is 1. The molecule has 4 N–H and O–H groups in total. The van der Waals surface area contributed by atoms with Gasteiger partial charge in [-0.3, -0.25) is 14.4 Å². The number of nitrogens with zero attached hydrogens (tertiary/aromatic N) is 1. The van der Waals surface area contributed by atoms with E-state index in [1.807, 2.05) is 55.5 Å². The molecule has 3 aromatic rings. The lowest BCUT2D eigenvalue weighted by atomic mass is 9.99. The van der Waals surface area contributed by atoms with Crippen molar-refractivity contribution in [3.8, 4) is 0 Å². The van der Waals surface area contributed by atoms with Crippen LogP contribution in [0.25, 0.3) is 10.8 Å². The molecule has 2 unspecified atom stereocenters. The van der Waals surface area contributed by atoms with Crippen LogP contribution in [0.2, 0.25) is 0 Å². The van der Waals surface area contributed by atoms with E-state index in [2.05, 4.69) is 10.6 Å². The van der Waals surface area contributed by atoms with Crippen molar-refractivity contribution in [1.82, 2.24) is 10.2 Å². The first-order valence-corrected chi connectivity index (χ1v) is 13.2. The number of carbonyl (C=O) groups is 4. The molecule has 0 spiro atoms. The van der Waals surface area contributed by atoms with Gasteiger partial charge in [-0.2, -0.15) is 0 Å². The van der Waals surface area contributed by atoms with E-state index >= 15 is 0 Å². The smallest absolute Gasteiger partial charge is 0.408 e. The Labute approximate surface area is 235 Å². The van der Waals surface area contributed by atoms with Crippen molar-refractivity contribution >= 4 is 40.3 Å². The number of hydrogen-bond acceptors (Lipinski definition) is 5. The molecule has 0 bridgehead atoms. The largest absolute Gasteiger partial charge is 0.444 e. The number of ether oxygens (including phenoxy) is 1. The lowest BCUT2D eigenvalue weighted by Gasteiger charge is -2.37. The Balaban J connectivity index is 2.01. The van der Waals surface area contributed by atoms with Crippen LogP contribution in [0, 0.1) is 6.92 Å². The molecule has 9 heteroatoms. The van der Waals surface area contributed by atoms with Crippen molar-refractivity contribution in [2.75, 3.05) is 5.32 Å². The number of fused-ring (bicyclic) bond motifs is 1. The highest BCUT2D eigenvalue weighted by atomic mass is 16.6. The van der Waals surface area contributed by atoms with Crippen LogP contribution in [-0.2, 0) is 19.1 Å². The van der Waals surface area contributed by atoms with Crippen LogP contribution >= 0.6 is 0 Å². The number of carbonyl (C=O) groups excluding carboxylic acids is 4. The van der Waals surface area contributed by atoms with Gasteiger partial charge in [-0.05, 0) is 70.0 Å². The summed E-state index contributed by atoms with van der Waals surface area (Å²) in [5.41, 5.74) is 6.74. The highest BCUT2D eigenvalue weighted by molar-refractivity contribution is 6.01. The zero-order valence-electron chi connectivity index (χ0n) is 23.9. The molecule has 0 aromatic heterocycles. The summed E-state index contributed by atoms with van der Waals surface area (Å²) in [4.78, 5) is 53.8. The first-order chi connectivity index (χ1) is 18.7. The number of rotatable bonds is 9. The molecule has 2 atom stereocenters. The van der Waals surface area contributed by atoms with Gasteiger partial charge in [0.15, 0.2) is 0 Å². The SMILES string of the molecule is Cc1ccc(C(C(=O)Nc2ccc3ccccc3c2)N(C(=O)C(CC(N)=O)NC(=O)OC(C)(C)C)C(C)C)cc1. The van der Waals surface area contributed by atoms with E-state index < -0.39 is 54.0 Å². The Morgan fingerprint density at radius 1 is 0.925 bits per heavy atom. The molecule has 0 aliphatic heterocycles. The monoisotopic (exact) mass is 546 g/mol. The normalized spacial score (nSPS) is 12.9. The molecule has 0 aliphatic carbocycles. The quantitative estimate of drug-likeness (QED) is 0.354. The minimum atomic E-state index is -1.34. The van der Waals surface area contributed by atoms with Crippen LogP contribution < -0.4 is 16.4 Å². The number of primary amides is 1. The maximum atomic E-state index is 14.0. The molecule has 0 heterocycles. The molecular weight excluding hydrogens is 508 g/mol. The van der Waals surface area contributed by atoms with E-state index in [4.69, 9.17) is 10.5 Å². The number of amides is 4. The standard InChI is InChI=1S/C31H38N4O5/c1-19(2)35(29(38)25(18-26(32)36)34-30(39)40-31(4,5)6)27(22-13-11-20(3)12-14-22)28(37)33-24-16-15-21-9-7-8-10-23(21)17-24/h7-17,19,25,27H,18H2,1-6H3,(H2,32,36)(H,33,37)(H,34,39). The highest BCUT2D eigenvalue weighted by Gasteiger charge is 2.38. The van der Waals surface area contributed by atoms with E-state index in [1.165, 1.54) is 4.90 Å². The summed E-state index contributed by atoms with van der Waals surface area (Å²) in [6.45, 7) is 10.5. The van der Waals surface area contributed by atoms with E-state index in [0.29, 0.717) is 11.3 Å². The van der Waals surface area contributed by atoms with Gasteiger partial charge in [0.25, 0.3) is 5.91 Å². The van der Waals surface area contributed by atoms with E-state index in [1.54, 1.807) is 52.8 Å².